The smallest absolute Gasteiger partial charge is 0.243 e. The summed E-state index contributed by atoms with van der Waals surface area (Å²) in [5.41, 5.74) is 1.85. The quantitative estimate of drug-likeness (QED) is 0.441. The summed E-state index contributed by atoms with van der Waals surface area (Å²) in [7, 11) is 3.23. The van der Waals surface area contributed by atoms with Crippen molar-refractivity contribution in [3.05, 3.63) is 71.8 Å². The van der Waals surface area contributed by atoms with Crippen LogP contribution in [-0.4, -0.2) is 39.1 Å². The number of hydrogen-bond acceptors (Lipinski definition) is 4. The van der Waals surface area contributed by atoms with Gasteiger partial charge in [0.25, 0.3) is 0 Å². The van der Waals surface area contributed by atoms with Crippen molar-refractivity contribution >= 4 is 24.0 Å². The van der Waals surface area contributed by atoms with Gasteiger partial charge in [0.05, 0.1) is 14.2 Å². The molecule has 2 N–H and O–H groups in total. The van der Waals surface area contributed by atoms with Crippen molar-refractivity contribution in [3.63, 3.8) is 0 Å². The highest BCUT2D eigenvalue weighted by Crippen LogP contribution is 2.13. The molecule has 0 radical (unpaired) electrons. The van der Waals surface area contributed by atoms with E-state index < -0.39 is 0 Å². The third-order valence-electron chi connectivity index (χ3n) is 4.29. The van der Waals surface area contributed by atoms with Crippen LogP contribution < -0.4 is 20.1 Å². The number of benzene rings is 2. The van der Waals surface area contributed by atoms with E-state index in [0.717, 1.165) is 35.5 Å². The molecule has 0 fully saturated rings. The zero-order chi connectivity index (χ0) is 21.6. The molecule has 0 aliphatic rings. The molecule has 0 saturated carbocycles. The van der Waals surface area contributed by atoms with Gasteiger partial charge in [0, 0.05) is 25.2 Å². The number of amides is 2. The molecule has 2 rings (SSSR count). The molecule has 6 heteroatoms. The fourth-order valence-electron chi connectivity index (χ4n) is 2.56. The highest BCUT2D eigenvalue weighted by Gasteiger charge is 1.98. The maximum atomic E-state index is 11.8. The maximum absolute atomic E-state index is 11.8. The molecule has 0 spiro atoms. The van der Waals surface area contributed by atoms with Crippen LogP contribution >= 0.6 is 0 Å². The lowest BCUT2D eigenvalue weighted by molar-refractivity contribution is -0.117. The van der Waals surface area contributed by atoms with Crippen LogP contribution in [0.15, 0.2) is 60.7 Å². The average Bonchev–Trinajstić information content (AvgIpc) is 2.79. The maximum Gasteiger partial charge on any atom is 0.243 e. The lowest BCUT2D eigenvalue weighted by Crippen LogP contribution is -2.25. The van der Waals surface area contributed by atoms with Gasteiger partial charge >= 0.3 is 0 Å². The van der Waals surface area contributed by atoms with Crippen molar-refractivity contribution in [2.24, 2.45) is 0 Å². The topological polar surface area (TPSA) is 76.7 Å². The van der Waals surface area contributed by atoms with Crippen LogP contribution in [0.3, 0.4) is 0 Å². The van der Waals surface area contributed by atoms with Gasteiger partial charge in [-0.3, -0.25) is 9.59 Å². The van der Waals surface area contributed by atoms with Gasteiger partial charge in [0.1, 0.15) is 11.5 Å². The van der Waals surface area contributed by atoms with E-state index in [9.17, 15) is 9.59 Å². The second-order valence-corrected chi connectivity index (χ2v) is 6.50. The number of unbranched alkanes of at least 4 members (excludes halogenated alkanes) is 1. The predicted molar refractivity (Wildman–Crippen MR) is 119 cm³/mol. The first-order chi connectivity index (χ1) is 14.6. The van der Waals surface area contributed by atoms with Gasteiger partial charge in [0.2, 0.25) is 11.8 Å². The van der Waals surface area contributed by atoms with E-state index in [-0.39, 0.29) is 11.8 Å². The van der Waals surface area contributed by atoms with Gasteiger partial charge < -0.3 is 20.1 Å². The summed E-state index contributed by atoms with van der Waals surface area (Å²) >= 11 is 0. The second kappa shape index (κ2) is 12.8. The fraction of sp³-hybridized carbons (Fsp3) is 0.250. The van der Waals surface area contributed by atoms with E-state index in [2.05, 4.69) is 10.6 Å². The van der Waals surface area contributed by atoms with Crippen molar-refractivity contribution in [2.75, 3.05) is 27.3 Å². The fourth-order valence-corrected chi connectivity index (χ4v) is 2.56. The highest BCUT2D eigenvalue weighted by atomic mass is 16.5. The Hall–Kier alpha value is -3.54. The van der Waals surface area contributed by atoms with Gasteiger partial charge in [-0.1, -0.05) is 24.3 Å². The molecule has 0 aromatic heterocycles. The predicted octanol–water partition coefficient (Wildman–Crippen LogP) is 3.44. The minimum absolute atomic E-state index is 0.141. The second-order valence-electron chi connectivity index (χ2n) is 6.50. The number of rotatable bonds is 11. The summed E-state index contributed by atoms with van der Waals surface area (Å²) in [6, 6.07) is 14.9. The van der Waals surface area contributed by atoms with Gasteiger partial charge in [-0.2, -0.15) is 0 Å². The van der Waals surface area contributed by atoms with Crippen LogP contribution in [0.2, 0.25) is 0 Å². The van der Waals surface area contributed by atoms with Gasteiger partial charge in [-0.15, -0.1) is 0 Å². The van der Waals surface area contributed by atoms with Crippen LogP contribution in [0.25, 0.3) is 12.2 Å². The molecule has 6 nitrogen and oxygen atoms in total. The molecule has 2 amide bonds. The third kappa shape index (κ3) is 8.65. The third-order valence-corrected chi connectivity index (χ3v) is 4.29. The Morgan fingerprint density at radius 3 is 1.40 bits per heavy atom. The van der Waals surface area contributed by atoms with Crippen LogP contribution in [0.1, 0.15) is 24.0 Å². The number of methoxy groups -OCH3 is 2. The normalized spacial score (nSPS) is 10.9. The molecule has 2 aromatic rings. The van der Waals surface area contributed by atoms with E-state index in [1.165, 1.54) is 12.2 Å². The van der Waals surface area contributed by atoms with E-state index in [1.54, 1.807) is 26.4 Å². The Balaban J connectivity index is 1.57. The van der Waals surface area contributed by atoms with Gasteiger partial charge in [-0.25, -0.2) is 0 Å². The van der Waals surface area contributed by atoms with E-state index in [1.807, 2.05) is 48.5 Å². The Morgan fingerprint density at radius 1 is 0.700 bits per heavy atom. The summed E-state index contributed by atoms with van der Waals surface area (Å²) in [5, 5.41) is 5.66. The van der Waals surface area contributed by atoms with Crippen LogP contribution in [0.5, 0.6) is 11.5 Å². The van der Waals surface area contributed by atoms with Crippen molar-refractivity contribution in [3.8, 4) is 11.5 Å². The standard InChI is InChI=1S/C24H28N2O4/c1-29-21-11-5-19(6-12-21)9-15-23(27)25-17-3-4-18-26-24(28)16-10-20-7-13-22(30-2)14-8-20/h5-16H,3-4,17-18H2,1-2H3,(H,25,27)(H,26,28)/b15-9+,16-10+. The molecule has 0 heterocycles. The Kier molecular flexibility index (Phi) is 9.73. The summed E-state index contributed by atoms with van der Waals surface area (Å²) in [5.74, 6) is 1.27. The molecule has 0 bridgehead atoms. The SMILES string of the molecule is COc1ccc(/C=C/C(=O)NCCCCNC(=O)/C=C/c2ccc(OC)cc2)cc1. The monoisotopic (exact) mass is 408 g/mol. The number of nitrogens with one attached hydrogen (secondary N) is 2. The van der Waals surface area contributed by atoms with Crippen molar-refractivity contribution in [1.82, 2.24) is 10.6 Å². The van der Waals surface area contributed by atoms with E-state index >= 15 is 0 Å². The first-order valence-electron chi connectivity index (χ1n) is 9.80. The molecule has 2 aromatic carbocycles. The van der Waals surface area contributed by atoms with E-state index in [4.69, 9.17) is 9.47 Å². The Morgan fingerprint density at radius 2 is 1.07 bits per heavy atom. The molecule has 0 aliphatic heterocycles. The number of ether oxygens (including phenoxy) is 2. The summed E-state index contributed by atoms with van der Waals surface area (Å²) in [6.07, 6.45) is 8.09. The average molecular weight is 408 g/mol. The highest BCUT2D eigenvalue weighted by molar-refractivity contribution is 5.92. The zero-order valence-electron chi connectivity index (χ0n) is 17.4. The van der Waals surface area contributed by atoms with E-state index in [0.29, 0.717) is 13.1 Å². The summed E-state index contributed by atoms with van der Waals surface area (Å²) < 4.78 is 10.2. The minimum atomic E-state index is -0.141. The molecular formula is C24H28N2O4. The largest absolute Gasteiger partial charge is 0.497 e. The van der Waals surface area contributed by atoms with Crippen molar-refractivity contribution in [1.29, 1.82) is 0 Å². The molecule has 158 valence electrons. The number of carbonyl (C=O) groups excluding carboxylic acids is 2. The Bertz CT molecular complexity index is 782. The minimum Gasteiger partial charge on any atom is -0.497 e. The Labute approximate surface area is 177 Å². The van der Waals surface area contributed by atoms with Crippen LogP contribution in [0, 0.1) is 0 Å². The number of carbonyl (C=O) groups is 2. The molecule has 0 atom stereocenters. The molecular weight excluding hydrogens is 380 g/mol. The molecule has 0 saturated heterocycles. The molecule has 0 aliphatic carbocycles. The number of hydrogen-bond donors (Lipinski definition) is 2. The zero-order valence-corrected chi connectivity index (χ0v) is 17.4. The molecule has 30 heavy (non-hydrogen) atoms. The van der Waals surface area contributed by atoms with Crippen LogP contribution in [-0.2, 0) is 9.59 Å². The van der Waals surface area contributed by atoms with Crippen molar-refractivity contribution in [2.45, 2.75) is 12.8 Å². The lowest BCUT2D eigenvalue weighted by Gasteiger charge is -2.04. The van der Waals surface area contributed by atoms with Gasteiger partial charge in [-0.05, 0) is 60.4 Å². The lowest BCUT2D eigenvalue weighted by atomic mass is 10.2. The van der Waals surface area contributed by atoms with Crippen LogP contribution in [0.4, 0.5) is 0 Å². The summed E-state index contributed by atoms with van der Waals surface area (Å²) in [6.45, 7) is 1.12. The van der Waals surface area contributed by atoms with Crippen molar-refractivity contribution < 1.29 is 19.1 Å². The first-order valence-corrected chi connectivity index (χ1v) is 9.80. The first kappa shape index (κ1) is 22.7. The van der Waals surface area contributed by atoms with Gasteiger partial charge in [0.15, 0.2) is 0 Å². The molecule has 0 unspecified atom stereocenters. The summed E-state index contributed by atoms with van der Waals surface area (Å²) in [4.78, 5) is 23.7.